The summed E-state index contributed by atoms with van der Waals surface area (Å²) in [5, 5.41) is 0. The summed E-state index contributed by atoms with van der Waals surface area (Å²) in [5.41, 5.74) is 8.79. The Labute approximate surface area is 144 Å². The van der Waals surface area contributed by atoms with Gasteiger partial charge in [-0.1, -0.05) is 6.92 Å². The molecular weight excluding hydrogens is 302 g/mol. The SMILES string of the molecule is CCCn1c(C)cc(/C=C/C(=O)N2CCC(CC(N)=O)CC2)c1C. The van der Waals surface area contributed by atoms with E-state index in [2.05, 4.69) is 31.4 Å². The fraction of sp³-hybridized carbons (Fsp3) is 0.579. The van der Waals surface area contributed by atoms with Crippen LogP contribution in [0.15, 0.2) is 12.1 Å². The number of nitrogens with two attached hydrogens (primary N) is 1. The van der Waals surface area contributed by atoms with Gasteiger partial charge in [0.25, 0.3) is 0 Å². The number of primary amides is 1. The Morgan fingerprint density at radius 2 is 1.96 bits per heavy atom. The molecule has 1 saturated heterocycles. The van der Waals surface area contributed by atoms with Gasteiger partial charge in [-0.05, 0) is 56.7 Å². The zero-order valence-corrected chi connectivity index (χ0v) is 15.0. The number of amides is 2. The molecule has 1 aromatic heterocycles. The molecule has 5 nitrogen and oxygen atoms in total. The summed E-state index contributed by atoms with van der Waals surface area (Å²) in [4.78, 5) is 25.2. The average Bonchev–Trinajstić information content (AvgIpc) is 2.81. The largest absolute Gasteiger partial charge is 0.370 e. The zero-order valence-electron chi connectivity index (χ0n) is 15.0. The molecule has 0 radical (unpaired) electrons. The number of likely N-dealkylation sites (tertiary alicyclic amines) is 1. The van der Waals surface area contributed by atoms with E-state index in [0.29, 0.717) is 25.4 Å². The summed E-state index contributed by atoms with van der Waals surface area (Å²) in [5.74, 6) is 0.124. The molecule has 2 N–H and O–H groups in total. The lowest BCUT2D eigenvalue weighted by atomic mass is 9.93. The van der Waals surface area contributed by atoms with Crippen molar-refractivity contribution in [1.29, 1.82) is 0 Å². The maximum Gasteiger partial charge on any atom is 0.246 e. The van der Waals surface area contributed by atoms with Crippen molar-refractivity contribution < 1.29 is 9.59 Å². The molecule has 24 heavy (non-hydrogen) atoms. The van der Waals surface area contributed by atoms with Crippen LogP contribution < -0.4 is 5.73 Å². The molecule has 0 unspecified atom stereocenters. The van der Waals surface area contributed by atoms with Gasteiger partial charge in [-0.15, -0.1) is 0 Å². The number of hydrogen-bond acceptors (Lipinski definition) is 2. The normalized spacial score (nSPS) is 16.0. The minimum Gasteiger partial charge on any atom is -0.370 e. The Bertz CT molecular complexity index is 623. The quantitative estimate of drug-likeness (QED) is 0.814. The van der Waals surface area contributed by atoms with Gasteiger partial charge in [-0.2, -0.15) is 0 Å². The van der Waals surface area contributed by atoms with Gasteiger partial charge in [-0.25, -0.2) is 0 Å². The van der Waals surface area contributed by atoms with E-state index in [1.807, 2.05) is 11.0 Å². The summed E-state index contributed by atoms with van der Waals surface area (Å²) in [6.45, 7) is 8.78. The van der Waals surface area contributed by atoms with Gasteiger partial charge in [0.2, 0.25) is 11.8 Å². The molecule has 0 atom stereocenters. The minimum absolute atomic E-state index is 0.0489. The fourth-order valence-corrected chi connectivity index (χ4v) is 3.47. The van der Waals surface area contributed by atoms with Crippen molar-refractivity contribution in [2.45, 2.75) is 53.0 Å². The van der Waals surface area contributed by atoms with Gasteiger partial charge in [0, 0.05) is 43.5 Å². The van der Waals surface area contributed by atoms with Gasteiger partial charge in [0.15, 0.2) is 0 Å². The van der Waals surface area contributed by atoms with Crippen LogP contribution in [0.2, 0.25) is 0 Å². The number of carbonyl (C=O) groups is 2. The van der Waals surface area contributed by atoms with Crippen LogP contribution in [0.5, 0.6) is 0 Å². The predicted molar refractivity (Wildman–Crippen MR) is 96.3 cm³/mol. The number of piperidine rings is 1. The maximum absolute atomic E-state index is 12.4. The molecule has 1 aromatic rings. The van der Waals surface area contributed by atoms with Crippen molar-refractivity contribution in [2.24, 2.45) is 11.7 Å². The molecule has 2 rings (SSSR count). The average molecular weight is 331 g/mol. The number of hydrogen-bond donors (Lipinski definition) is 1. The van der Waals surface area contributed by atoms with E-state index in [9.17, 15) is 9.59 Å². The van der Waals surface area contributed by atoms with Crippen molar-refractivity contribution in [3.05, 3.63) is 29.1 Å². The highest BCUT2D eigenvalue weighted by molar-refractivity contribution is 5.92. The van der Waals surface area contributed by atoms with E-state index in [4.69, 9.17) is 5.73 Å². The Balaban J connectivity index is 1.94. The smallest absolute Gasteiger partial charge is 0.246 e. The maximum atomic E-state index is 12.4. The van der Waals surface area contributed by atoms with Crippen LogP contribution in [0, 0.1) is 19.8 Å². The monoisotopic (exact) mass is 331 g/mol. The lowest BCUT2D eigenvalue weighted by molar-refractivity contribution is -0.127. The molecule has 2 amide bonds. The van der Waals surface area contributed by atoms with E-state index in [-0.39, 0.29) is 11.8 Å². The number of aryl methyl sites for hydroxylation is 1. The lowest BCUT2D eigenvalue weighted by Gasteiger charge is -2.30. The highest BCUT2D eigenvalue weighted by atomic mass is 16.2. The third-order valence-corrected chi connectivity index (χ3v) is 4.88. The second kappa shape index (κ2) is 8.18. The first-order valence-corrected chi connectivity index (χ1v) is 8.84. The van der Waals surface area contributed by atoms with Crippen LogP contribution in [0.3, 0.4) is 0 Å². The molecule has 0 aromatic carbocycles. The van der Waals surface area contributed by atoms with Crippen LogP contribution in [0.25, 0.3) is 6.08 Å². The van der Waals surface area contributed by atoms with E-state index in [1.165, 1.54) is 11.4 Å². The highest BCUT2D eigenvalue weighted by Crippen LogP contribution is 2.21. The van der Waals surface area contributed by atoms with Crippen LogP contribution >= 0.6 is 0 Å². The van der Waals surface area contributed by atoms with Gasteiger partial charge in [-0.3, -0.25) is 9.59 Å². The summed E-state index contributed by atoms with van der Waals surface area (Å²) in [7, 11) is 0. The fourth-order valence-electron chi connectivity index (χ4n) is 3.47. The molecule has 0 spiro atoms. The molecule has 132 valence electrons. The molecule has 1 aliphatic rings. The Morgan fingerprint density at radius 1 is 1.29 bits per heavy atom. The molecule has 5 heteroatoms. The third kappa shape index (κ3) is 4.49. The Kier molecular flexibility index (Phi) is 6.23. The van der Waals surface area contributed by atoms with Crippen molar-refractivity contribution in [3.63, 3.8) is 0 Å². The molecule has 0 saturated carbocycles. The molecule has 1 fully saturated rings. The molecule has 2 heterocycles. The Hall–Kier alpha value is -2.04. The van der Waals surface area contributed by atoms with Crippen LogP contribution in [0.1, 0.15) is 49.6 Å². The predicted octanol–water partition coefficient (Wildman–Crippen LogP) is 2.64. The van der Waals surface area contributed by atoms with E-state index < -0.39 is 0 Å². The molecule has 1 aliphatic heterocycles. The van der Waals surface area contributed by atoms with E-state index >= 15 is 0 Å². The Morgan fingerprint density at radius 3 is 2.54 bits per heavy atom. The third-order valence-electron chi connectivity index (χ3n) is 4.88. The summed E-state index contributed by atoms with van der Waals surface area (Å²) >= 11 is 0. The molecular formula is C19H29N3O2. The summed E-state index contributed by atoms with van der Waals surface area (Å²) < 4.78 is 2.29. The van der Waals surface area contributed by atoms with E-state index in [1.54, 1.807) is 6.08 Å². The first-order chi connectivity index (χ1) is 11.4. The van der Waals surface area contributed by atoms with Gasteiger partial charge in [0.05, 0.1) is 0 Å². The first-order valence-electron chi connectivity index (χ1n) is 8.84. The zero-order chi connectivity index (χ0) is 17.7. The van der Waals surface area contributed by atoms with Gasteiger partial charge in [0.1, 0.15) is 0 Å². The van der Waals surface area contributed by atoms with Crippen molar-refractivity contribution in [1.82, 2.24) is 9.47 Å². The van der Waals surface area contributed by atoms with Crippen LogP contribution in [0.4, 0.5) is 0 Å². The standard InChI is InChI=1S/C19H29N3O2/c1-4-9-22-14(2)12-17(15(22)3)5-6-19(24)21-10-7-16(8-11-21)13-18(20)23/h5-6,12,16H,4,7-11,13H2,1-3H3,(H2,20,23)/b6-5+. The second-order valence-corrected chi connectivity index (χ2v) is 6.75. The number of carbonyl (C=O) groups excluding carboxylic acids is 2. The number of nitrogens with zero attached hydrogens (tertiary/aromatic N) is 2. The minimum atomic E-state index is -0.248. The second-order valence-electron chi connectivity index (χ2n) is 6.75. The van der Waals surface area contributed by atoms with Gasteiger partial charge >= 0.3 is 0 Å². The molecule has 0 aliphatic carbocycles. The summed E-state index contributed by atoms with van der Waals surface area (Å²) in [6, 6.07) is 2.13. The van der Waals surface area contributed by atoms with Crippen molar-refractivity contribution in [2.75, 3.05) is 13.1 Å². The molecule has 0 bridgehead atoms. The topological polar surface area (TPSA) is 68.3 Å². The first kappa shape index (κ1) is 18.3. The van der Waals surface area contributed by atoms with Gasteiger partial charge < -0.3 is 15.2 Å². The number of aromatic nitrogens is 1. The lowest BCUT2D eigenvalue weighted by Crippen LogP contribution is -2.38. The summed E-state index contributed by atoms with van der Waals surface area (Å²) in [6.07, 6.45) is 6.83. The van der Waals surface area contributed by atoms with Crippen molar-refractivity contribution in [3.8, 4) is 0 Å². The number of rotatable bonds is 6. The van der Waals surface area contributed by atoms with Crippen LogP contribution in [-0.4, -0.2) is 34.4 Å². The van der Waals surface area contributed by atoms with Crippen molar-refractivity contribution >= 4 is 17.9 Å². The van der Waals surface area contributed by atoms with Crippen LogP contribution in [-0.2, 0) is 16.1 Å². The van der Waals surface area contributed by atoms with E-state index in [0.717, 1.165) is 31.4 Å². The highest BCUT2D eigenvalue weighted by Gasteiger charge is 2.22.